The Balaban J connectivity index is 0.00000242. The largest absolute Gasteiger partial charge is 0.573 e. The van der Waals surface area contributed by atoms with E-state index in [-0.39, 0.29) is 36.0 Å². The molecule has 2 N–H and O–H groups in total. The van der Waals surface area contributed by atoms with Crippen LogP contribution in [-0.2, 0) is 0 Å². The van der Waals surface area contributed by atoms with Gasteiger partial charge in [-0.1, -0.05) is 0 Å². The van der Waals surface area contributed by atoms with Crippen molar-refractivity contribution in [2.24, 2.45) is 11.7 Å². The summed E-state index contributed by atoms with van der Waals surface area (Å²) in [5.74, 6) is -0.262. The van der Waals surface area contributed by atoms with Crippen molar-refractivity contribution in [3.8, 4) is 5.75 Å². The van der Waals surface area contributed by atoms with Gasteiger partial charge in [-0.25, -0.2) is 0 Å². The second-order valence-corrected chi connectivity index (χ2v) is 5.22. The number of amides is 1. The molecule has 0 aliphatic carbocycles. The minimum Gasteiger partial charge on any atom is -0.406 e. The minimum atomic E-state index is -4.73. The summed E-state index contributed by atoms with van der Waals surface area (Å²) >= 11 is 0. The predicted octanol–water partition coefficient (Wildman–Crippen LogP) is 2.82. The van der Waals surface area contributed by atoms with Crippen molar-refractivity contribution in [2.45, 2.75) is 25.7 Å². The smallest absolute Gasteiger partial charge is 0.406 e. The highest BCUT2D eigenvalue weighted by Crippen LogP contribution is 2.26. The third kappa shape index (κ3) is 4.51. The maximum atomic E-state index is 12.3. The summed E-state index contributed by atoms with van der Waals surface area (Å²) in [6.45, 7) is 3.04. The van der Waals surface area contributed by atoms with Crippen LogP contribution in [0, 0.1) is 5.92 Å². The van der Waals surface area contributed by atoms with Crippen molar-refractivity contribution in [2.75, 3.05) is 13.1 Å². The molecule has 2 rings (SSSR count). The Labute approximate surface area is 132 Å². The summed E-state index contributed by atoms with van der Waals surface area (Å²) in [4.78, 5) is 14.0. The summed E-state index contributed by atoms with van der Waals surface area (Å²) in [5.41, 5.74) is 5.96. The Morgan fingerprint density at radius 1 is 1.36 bits per heavy atom. The molecule has 1 aliphatic rings. The monoisotopic (exact) mass is 338 g/mol. The number of halogens is 4. The molecule has 4 nitrogen and oxygen atoms in total. The third-order valence-electron chi connectivity index (χ3n) is 3.59. The maximum Gasteiger partial charge on any atom is 0.573 e. The fourth-order valence-corrected chi connectivity index (χ4v) is 2.56. The summed E-state index contributed by atoms with van der Waals surface area (Å²) in [7, 11) is 0. The highest BCUT2D eigenvalue weighted by molar-refractivity contribution is 5.94. The molecule has 1 aliphatic heterocycles. The molecule has 0 spiro atoms. The first-order valence-corrected chi connectivity index (χ1v) is 6.67. The van der Waals surface area contributed by atoms with E-state index < -0.39 is 6.36 Å². The Morgan fingerprint density at radius 2 is 1.95 bits per heavy atom. The summed E-state index contributed by atoms with van der Waals surface area (Å²) < 4.78 is 40.0. The summed E-state index contributed by atoms with van der Waals surface area (Å²) in [6.07, 6.45) is -3.89. The number of likely N-dealkylation sites (tertiary alicyclic amines) is 1. The van der Waals surface area contributed by atoms with Crippen molar-refractivity contribution >= 4 is 18.3 Å². The van der Waals surface area contributed by atoms with Crippen LogP contribution in [0.15, 0.2) is 24.3 Å². The molecule has 1 amide bonds. The van der Waals surface area contributed by atoms with E-state index in [1.807, 2.05) is 6.92 Å². The molecule has 2 unspecified atom stereocenters. The van der Waals surface area contributed by atoms with Gasteiger partial charge in [0.2, 0.25) is 0 Å². The molecular formula is C14H18ClF3N2O2. The molecule has 1 heterocycles. The zero-order valence-electron chi connectivity index (χ0n) is 12.0. The number of alkyl halides is 3. The molecule has 0 radical (unpaired) electrons. The second-order valence-electron chi connectivity index (χ2n) is 5.22. The van der Waals surface area contributed by atoms with Crippen LogP contribution in [0.1, 0.15) is 23.7 Å². The van der Waals surface area contributed by atoms with Crippen LogP contribution in [-0.4, -0.2) is 36.3 Å². The number of hydrogen-bond acceptors (Lipinski definition) is 3. The summed E-state index contributed by atoms with van der Waals surface area (Å²) in [6, 6.07) is 5.04. The minimum absolute atomic E-state index is 0. The van der Waals surface area contributed by atoms with E-state index in [4.69, 9.17) is 5.73 Å². The van der Waals surface area contributed by atoms with Gasteiger partial charge in [0.05, 0.1) is 0 Å². The Kier molecular flexibility index (Phi) is 6.08. The van der Waals surface area contributed by atoms with E-state index in [2.05, 4.69) is 4.74 Å². The van der Waals surface area contributed by atoms with Crippen LogP contribution in [0.4, 0.5) is 13.2 Å². The van der Waals surface area contributed by atoms with E-state index in [9.17, 15) is 18.0 Å². The number of nitrogens with two attached hydrogens (primary N) is 1. The first-order chi connectivity index (χ1) is 9.80. The molecule has 1 aromatic rings. The first-order valence-electron chi connectivity index (χ1n) is 6.67. The zero-order valence-corrected chi connectivity index (χ0v) is 12.8. The molecule has 124 valence electrons. The second kappa shape index (κ2) is 7.19. The first kappa shape index (κ1) is 18.6. The Hall–Kier alpha value is -1.47. The number of hydrogen-bond donors (Lipinski definition) is 1. The van der Waals surface area contributed by atoms with Crippen LogP contribution in [0.3, 0.4) is 0 Å². The van der Waals surface area contributed by atoms with Gasteiger partial charge in [-0.05, 0) is 50.1 Å². The van der Waals surface area contributed by atoms with Gasteiger partial charge in [-0.2, -0.15) is 0 Å². The van der Waals surface area contributed by atoms with Crippen LogP contribution in [0.5, 0.6) is 5.75 Å². The average Bonchev–Trinajstić information content (AvgIpc) is 2.78. The average molecular weight is 339 g/mol. The van der Waals surface area contributed by atoms with Crippen molar-refractivity contribution in [1.82, 2.24) is 4.90 Å². The van der Waals surface area contributed by atoms with Crippen molar-refractivity contribution in [3.05, 3.63) is 29.8 Å². The van der Waals surface area contributed by atoms with Gasteiger partial charge in [0, 0.05) is 18.2 Å². The van der Waals surface area contributed by atoms with Gasteiger partial charge in [0.15, 0.2) is 0 Å². The fourth-order valence-electron chi connectivity index (χ4n) is 2.56. The third-order valence-corrected chi connectivity index (χ3v) is 3.59. The van der Waals surface area contributed by atoms with Crippen LogP contribution in [0.25, 0.3) is 0 Å². The molecule has 0 bridgehead atoms. The van der Waals surface area contributed by atoms with Gasteiger partial charge in [-0.3, -0.25) is 4.79 Å². The van der Waals surface area contributed by atoms with Crippen molar-refractivity contribution < 1.29 is 22.7 Å². The van der Waals surface area contributed by atoms with E-state index >= 15 is 0 Å². The van der Waals surface area contributed by atoms with Gasteiger partial charge in [0.1, 0.15) is 5.75 Å². The zero-order chi connectivity index (χ0) is 15.6. The molecule has 8 heteroatoms. The lowest BCUT2D eigenvalue weighted by molar-refractivity contribution is -0.274. The molecular weight excluding hydrogens is 321 g/mol. The van der Waals surface area contributed by atoms with Gasteiger partial charge >= 0.3 is 6.36 Å². The van der Waals surface area contributed by atoms with Crippen LogP contribution < -0.4 is 10.5 Å². The van der Waals surface area contributed by atoms with E-state index in [0.29, 0.717) is 18.7 Å². The van der Waals surface area contributed by atoms with Gasteiger partial charge in [0.25, 0.3) is 5.91 Å². The van der Waals surface area contributed by atoms with E-state index in [0.717, 1.165) is 18.6 Å². The SMILES string of the molecule is CC1CC(CN)CN1C(=O)c1ccc(OC(F)(F)F)cc1.Cl. The lowest BCUT2D eigenvalue weighted by atomic mass is 10.1. The number of benzene rings is 1. The molecule has 1 fully saturated rings. The van der Waals surface area contributed by atoms with E-state index in [1.54, 1.807) is 4.90 Å². The fraction of sp³-hybridized carbons (Fsp3) is 0.500. The number of nitrogens with zero attached hydrogens (tertiary/aromatic N) is 1. The van der Waals surface area contributed by atoms with E-state index in [1.165, 1.54) is 12.1 Å². The quantitative estimate of drug-likeness (QED) is 0.922. The van der Waals surface area contributed by atoms with Crippen LogP contribution >= 0.6 is 12.4 Å². The molecule has 0 aromatic heterocycles. The highest BCUT2D eigenvalue weighted by Gasteiger charge is 2.33. The number of rotatable bonds is 3. The number of ether oxygens (including phenoxy) is 1. The molecule has 1 saturated heterocycles. The van der Waals surface area contributed by atoms with Crippen LogP contribution in [0.2, 0.25) is 0 Å². The number of carbonyl (C=O) groups is 1. The Bertz CT molecular complexity index is 508. The van der Waals surface area contributed by atoms with Gasteiger partial charge in [-0.15, -0.1) is 25.6 Å². The normalized spacial score (nSPS) is 21.4. The standard InChI is InChI=1S/C14H17F3N2O2.ClH/c1-9-6-10(7-18)8-19(9)13(20)11-2-4-12(5-3-11)21-14(15,16)17;/h2-5,9-10H,6-8,18H2,1H3;1H. The summed E-state index contributed by atoms with van der Waals surface area (Å²) in [5, 5.41) is 0. The van der Waals surface area contributed by atoms with Crippen molar-refractivity contribution in [1.29, 1.82) is 0 Å². The predicted molar refractivity (Wildman–Crippen MR) is 78.0 cm³/mol. The topological polar surface area (TPSA) is 55.6 Å². The van der Waals surface area contributed by atoms with Gasteiger partial charge < -0.3 is 15.4 Å². The van der Waals surface area contributed by atoms with Crippen molar-refractivity contribution in [3.63, 3.8) is 0 Å². The molecule has 0 saturated carbocycles. The highest BCUT2D eigenvalue weighted by atomic mass is 35.5. The molecule has 1 aromatic carbocycles. The lowest BCUT2D eigenvalue weighted by Gasteiger charge is -2.21. The maximum absolute atomic E-state index is 12.3. The molecule has 22 heavy (non-hydrogen) atoms. The molecule has 2 atom stereocenters. The lowest BCUT2D eigenvalue weighted by Crippen LogP contribution is -2.34. The Morgan fingerprint density at radius 3 is 2.41 bits per heavy atom. The number of carbonyl (C=O) groups excluding carboxylic acids is 1.